The highest BCUT2D eigenvalue weighted by Crippen LogP contribution is 2.75. The van der Waals surface area contributed by atoms with Gasteiger partial charge in [-0.1, -0.05) is 6.92 Å². The van der Waals surface area contributed by atoms with Gasteiger partial charge in [0.1, 0.15) is 5.54 Å². The van der Waals surface area contributed by atoms with E-state index in [9.17, 15) is 0 Å². The van der Waals surface area contributed by atoms with Crippen LogP contribution < -0.4 is 5.73 Å². The SMILES string of the molecule is CC12CC3CC4C5CC(CC41)CC2([NH3+])C5C3. The van der Waals surface area contributed by atoms with Gasteiger partial charge in [-0.05, 0) is 61.7 Å². The van der Waals surface area contributed by atoms with Gasteiger partial charge in [-0.15, -0.1) is 0 Å². The van der Waals surface area contributed by atoms with Gasteiger partial charge >= 0.3 is 0 Å². The van der Waals surface area contributed by atoms with Crippen molar-refractivity contribution in [3.8, 4) is 0 Å². The van der Waals surface area contributed by atoms with E-state index in [1.165, 1.54) is 12.8 Å². The Labute approximate surface area is 98.2 Å². The third kappa shape index (κ3) is 0.674. The molecule has 0 amide bonds. The van der Waals surface area contributed by atoms with Crippen molar-refractivity contribution in [2.24, 2.45) is 40.9 Å². The van der Waals surface area contributed by atoms with Gasteiger partial charge in [0, 0.05) is 17.8 Å². The van der Waals surface area contributed by atoms with Crippen molar-refractivity contribution in [2.45, 2.75) is 51.0 Å². The molecule has 8 bridgehead atoms. The molecule has 0 aromatic carbocycles. The van der Waals surface area contributed by atoms with E-state index in [1.54, 1.807) is 25.7 Å². The Morgan fingerprint density at radius 3 is 2.31 bits per heavy atom. The van der Waals surface area contributed by atoms with Gasteiger partial charge in [0.2, 0.25) is 0 Å². The van der Waals surface area contributed by atoms with Gasteiger partial charge in [-0.25, -0.2) is 0 Å². The van der Waals surface area contributed by atoms with Crippen LogP contribution in [-0.4, -0.2) is 5.54 Å². The lowest BCUT2D eigenvalue weighted by atomic mass is 9.29. The normalized spacial score (nSPS) is 73.9. The van der Waals surface area contributed by atoms with Crippen molar-refractivity contribution < 1.29 is 5.73 Å². The molecule has 7 aliphatic rings. The summed E-state index contributed by atoms with van der Waals surface area (Å²) < 4.78 is 0. The average Bonchev–Trinajstić information content (AvgIpc) is 2.25. The molecular formula is C15H24N+. The number of quaternary nitrogens is 1. The van der Waals surface area contributed by atoms with Crippen LogP contribution >= 0.6 is 0 Å². The van der Waals surface area contributed by atoms with E-state index in [0.29, 0.717) is 11.0 Å². The maximum atomic E-state index is 4.84. The summed E-state index contributed by atoms with van der Waals surface area (Å²) in [6.07, 6.45) is 9.35. The Morgan fingerprint density at radius 1 is 0.875 bits per heavy atom. The predicted molar refractivity (Wildman–Crippen MR) is 62.4 cm³/mol. The monoisotopic (exact) mass is 218 g/mol. The van der Waals surface area contributed by atoms with E-state index in [2.05, 4.69) is 6.92 Å². The fourth-order valence-electron chi connectivity index (χ4n) is 7.65. The molecule has 16 heavy (non-hydrogen) atoms. The quantitative estimate of drug-likeness (QED) is 0.645. The lowest BCUT2D eigenvalue weighted by Gasteiger charge is -2.75. The Morgan fingerprint density at radius 2 is 1.50 bits per heavy atom. The summed E-state index contributed by atoms with van der Waals surface area (Å²) in [6, 6.07) is 0. The zero-order valence-corrected chi connectivity index (χ0v) is 10.4. The molecule has 1 nitrogen and oxygen atoms in total. The standard InChI is InChI=1S/C15H23N/c1-14-6-8-2-10-11-3-9(4-12(10)14)7-15(14,16)13(11)5-8/h8-13H,2-7,16H2,1H3/p+1. The summed E-state index contributed by atoms with van der Waals surface area (Å²) in [5.74, 6) is 6.52. The van der Waals surface area contributed by atoms with Crippen LogP contribution in [0.25, 0.3) is 0 Å². The van der Waals surface area contributed by atoms with Crippen molar-refractivity contribution in [3.63, 3.8) is 0 Å². The molecule has 7 fully saturated rings. The second-order valence-corrected chi connectivity index (χ2v) is 8.20. The highest BCUT2D eigenvalue weighted by atomic mass is 14.9. The minimum absolute atomic E-state index is 0.511. The van der Waals surface area contributed by atoms with Crippen LogP contribution in [0.5, 0.6) is 0 Å². The van der Waals surface area contributed by atoms with E-state index in [4.69, 9.17) is 5.73 Å². The number of hydrogen-bond donors (Lipinski definition) is 1. The maximum absolute atomic E-state index is 4.84. The van der Waals surface area contributed by atoms with Gasteiger partial charge in [0.05, 0.1) is 0 Å². The third-order valence-corrected chi connectivity index (χ3v) is 8.00. The Hall–Kier alpha value is -0.0400. The Balaban J connectivity index is 1.77. The van der Waals surface area contributed by atoms with Gasteiger partial charge in [-0.3, -0.25) is 0 Å². The van der Waals surface area contributed by atoms with Gasteiger partial charge in [-0.2, -0.15) is 0 Å². The molecule has 7 rings (SSSR count). The molecule has 0 aliphatic heterocycles. The second-order valence-electron chi connectivity index (χ2n) is 8.20. The molecule has 1 heteroatoms. The van der Waals surface area contributed by atoms with Crippen molar-refractivity contribution >= 4 is 0 Å². The zero-order chi connectivity index (χ0) is 10.7. The van der Waals surface area contributed by atoms with Gasteiger partial charge < -0.3 is 5.73 Å². The van der Waals surface area contributed by atoms with Crippen molar-refractivity contribution in [2.75, 3.05) is 0 Å². The van der Waals surface area contributed by atoms with Crippen LogP contribution in [0, 0.1) is 40.9 Å². The van der Waals surface area contributed by atoms with Crippen LogP contribution in [-0.2, 0) is 0 Å². The largest absolute Gasteiger partial charge is 0.352 e. The summed E-state index contributed by atoms with van der Waals surface area (Å²) in [5.41, 5.74) is 6.00. The first kappa shape index (κ1) is 8.97. The molecule has 0 heterocycles. The van der Waals surface area contributed by atoms with Crippen LogP contribution in [0.1, 0.15) is 45.4 Å². The van der Waals surface area contributed by atoms with E-state index >= 15 is 0 Å². The molecule has 0 saturated heterocycles. The van der Waals surface area contributed by atoms with E-state index in [1.807, 2.05) is 0 Å². The molecule has 7 saturated carbocycles. The minimum Gasteiger partial charge on any atom is -0.352 e. The summed E-state index contributed by atoms with van der Waals surface area (Å²) in [5, 5.41) is 0. The lowest BCUT2D eigenvalue weighted by Crippen LogP contribution is -2.91. The fraction of sp³-hybridized carbons (Fsp3) is 1.00. The van der Waals surface area contributed by atoms with E-state index in [-0.39, 0.29) is 0 Å². The third-order valence-electron chi connectivity index (χ3n) is 8.00. The Bertz CT molecular complexity index is 342. The van der Waals surface area contributed by atoms with E-state index in [0.717, 1.165) is 35.5 Å². The predicted octanol–water partition coefficient (Wildman–Crippen LogP) is 2.08. The highest BCUT2D eigenvalue weighted by Gasteiger charge is 2.75. The summed E-state index contributed by atoms with van der Waals surface area (Å²) >= 11 is 0. The molecule has 8 unspecified atom stereocenters. The molecule has 7 aliphatic carbocycles. The van der Waals surface area contributed by atoms with Crippen LogP contribution in [0.4, 0.5) is 0 Å². The summed E-state index contributed by atoms with van der Waals surface area (Å²) in [4.78, 5) is 0. The van der Waals surface area contributed by atoms with E-state index < -0.39 is 0 Å². The Kier molecular flexibility index (Phi) is 1.26. The van der Waals surface area contributed by atoms with Crippen LogP contribution in [0.15, 0.2) is 0 Å². The molecular weight excluding hydrogens is 194 g/mol. The van der Waals surface area contributed by atoms with Crippen molar-refractivity contribution in [1.29, 1.82) is 0 Å². The summed E-state index contributed by atoms with van der Waals surface area (Å²) in [7, 11) is 0. The molecule has 0 aromatic heterocycles. The van der Waals surface area contributed by atoms with Crippen molar-refractivity contribution in [1.82, 2.24) is 0 Å². The minimum atomic E-state index is 0.511. The first-order valence-electron chi connectivity index (χ1n) is 7.47. The first-order valence-corrected chi connectivity index (χ1v) is 7.47. The molecule has 0 spiro atoms. The van der Waals surface area contributed by atoms with Crippen LogP contribution in [0.2, 0.25) is 0 Å². The van der Waals surface area contributed by atoms with Gasteiger partial charge in [0.15, 0.2) is 0 Å². The molecule has 3 N–H and O–H groups in total. The zero-order valence-electron chi connectivity index (χ0n) is 10.4. The lowest BCUT2D eigenvalue weighted by molar-refractivity contribution is -0.571. The fourth-order valence-corrected chi connectivity index (χ4v) is 7.65. The molecule has 0 radical (unpaired) electrons. The van der Waals surface area contributed by atoms with Gasteiger partial charge in [0.25, 0.3) is 0 Å². The number of hydrogen-bond acceptors (Lipinski definition) is 0. The molecule has 8 atom stereocenters. The molecule has 0 aromatic rings. The summed E-state index contributed by atoms with van der Waals surface area (Å²) in [6.45, 7) is 2.63. The van der Waals surface area contributed by atoms with Crippen molar-refractivity contribution in [3.05, 3.63) is 0 Å². The smallest absolute Gasteiger partial charge is 0.104 e. The highest BCUT2D eigenvalue weighted by molar-refractivity contribution is 5.23. The first-order chi connectivity index (χ1) is 7.62. The average molecular weight is 218 g/mol. The second kappa shape index (κ2) is 2.25. The number of rotatable bonds is 0. The maximum Gasteiger partial charge on any atom is 0.104 e. The molecule has 88 valence electrons. The topological polar surface area (TPSA) is 27.6 Å². The van der Waals surface area contributed by atoms with Crippen LogP contribution in [0.3, 0.4) is 0 Å².